The van der Waals surface area contributed by atoms with Crippen molar-refractivity contribution in [1.29, 1.82) is 0 Å². The summed E-state index contributed by atoms with van der Waals surface area (Å²) in [6.07, 6.45) is 0.997. The van der Waals surface area contributed by atoms with Crippen molar-refractivity contribution in [1.82, 2.24) is 10.5 Å². The van der Waals surface area contributed by atoms with Gasteiger partial charge in [-0.3, -0.25) is 9.59 Å². The third kappa shape index (κ3) is 2.76. The molecule has 1 rings (SSSR count). The van der Waals surface area contributed by atoms with E-state index in [1.807, 2.05) is 13.8 Å². The summed E-state index contributed by atoms with van der Waals surface area (Å²) < 4.78 is 4.64. The van der Waals surface area contributed by atoms with E-state index in [2.05, 4.69) is 15.0 Å². The molecule has 5 heteroatoms. The molecule has 1 heterocycles. The van der Waals surface area contributed by atoms with Gasteiger partial charge in [0.05, 0.1) is 6.07 Å². The zero-order valence-corrected chi connectivity index (χ0v) is 8.29. The van der Waals surface area contributed by atoms with Crippen LogP contribution in [0.5, 0.6) is 0 Å². The lowest BCUT2D eigenvalue weighted by Gasteiger charge is -2.07. The summed E-state index contributed by atoms with van der Waals surface area (Å²) in [6, 6.07) is 1.13. The van der Waals surface area contributed by atoms with Crippen LogP contribution in [0.3, 0.4) is 0 Å². The van der Waals surface area contributed by atoms with Gasteiger partial charge in [0.15, 0.2) is 0 Å². The van der Waals surface area contributed by atoms with Gasteiger partial charge in [-0.2, -0.15) is 5.16 Å². The molecule has 1 atom stereocenters. The molecule has 0 spiro atoms. The summed E-state index contributed by atoms with van der Waals surface area (Å²) in [7, 11) is 0. The molecule has 1 unspecified atom stereocenters. The van der Waals surface area contributed by atoms with E-state index in [1.165, 1.54) is 0 Å². The third-order valence-electron chi connectivity index (χ3n) is 2.06. The van der Waals surface area contributed by atoms with Gasteiger partial charge in [0.2, 0.25) is 5.76 Å². The molecule has 0 saturated heterocycles. The van der Waals surface area contributed by atoms with E-state index in [0.29, 0.717) is 12.5 Å². The number of H-pyrrole nitrogens is 1. The Morgan fingerprint density at radius 2 is 2.43 bits per heavy atom. The highest BCUT2D eigenvalue weighted by molar-refractivity contribution is 5.91. The molecule has 0 aromatic carbocycles. The number of aromatic amines is 1. The van der Waals surface area contributed by atoms with Crippen LogP contribution in [0.4, 0.5) is 0 Å². The first-order valence-electron chi connectivity index (χ1n) is 4.60. The van der Waals surface area contributed by atoms with Crippen LogP contribution in [0.15, 0.2) is 15.4 Å². The largest absolute Gasteiger partial charge is 0.373 e. The van der Waals surface area contributed by atoms with Gasteiger partial charge in [-0.05, 0) is 5.92 Å². The van der Waals surface area contributed by atoms with Crippen LogP contribution in [0, 0.1) is 5.92 Å². The predicted octanol–water partition coefficient (Wildman–Crippen LogP) is 0.744. The minimum Gasteiger partial charge on any atom is -0.373 e. The third-order valence-corrected chi connectivity index (χ3v) is 2.06. The molecule has 14 heavy (non-hydrogen) atoms. The number of carbonyl (C=O) groups is 1. The molecule has 0 aliphatic rings. The number of aromatic nitrogens is 1. The topological polar surface area (TPSA) is 75.1 Å². The van der Waals surface area contributed by atoms with E-state index in [1.54, 1.807) is 0 Å². The highest BCUT2D eigenvalue weighted by Gasteiger charge is 2.11. The Labute approximate surface area is 81.5 Å². The maximum atomic E-state index is 11.3. The molecule has 0 fully saturated rings. The first-order chi connectivity index (χ1) is 6.63. The standard InChI is InChI=1S/C9H14N2O3/c1-3-6(2)5-10-9(13)7-4-8(12)11-14-7/h4,6H,3,5H2,1-2H3,(H,10,13)(H,11,12). The number of carbonyl (C=O) groups excluding carboxylic acids is 1. The molecule has 1 aromatic heterocycles. The van der Waals surface area contributed by atoms with Crippen molar-refractivity contribution < 1.29 is 9.32 Å². The average molecular weight is 198 g/mol. The Hall–Kier alpha value is -1.52. The molecule has 0 aliphatic heterocycles. The Balaban J connectivity index is 2.47. The van der Waals surface area contributed by atoms with Crippen LogP contribution in [0.1, 0.15) is 30.8 Å². The van der Waals surface area contributed by atoms with Crippen molar-refractivity contribution in [3.63, 3.8) is 0 Å². The maximum Gasteiger partial charge on any atom is 0.289 e. The van der Waals surface area contributed by atoms with Crippen LogP contribution in [0.25, 0.3) is 0 Å². The smallest absolute Gasteiger partial charge is 0.289 e. The van der Waals surface area contributed by atoms with Crippen molar-refractivity contribution in [3.05, 3.63) is 22.2 Å². The van der Waals surface area contributed by atoms with Gasteiger partial charge in [0.1, 0.15) is 0 Å². The van der Waals surface area contributed by atoms with E-state index in [0.717, 1.165) is 12.5 Å². The number of amides is 1. The van der Waals surface area contributed by atoms with Crippen molar-refractivity contribution >= 4 is 5.91 Å². The number of hydrogen-bond acceptors (Lipinski definition) is 3. The van der Waals surface area contributed by atoms with Crippen LogP contribution < -0.4 is 10.9 Å². The van der Waals surface area contributed by atoms with Gasteiger partial charge < -0.3 is 9.84 Å². The second-order valence-electron chi connectivity index (χ2n) is 3.30. The lowest BCUT2D eigenvalue weighted by Crippen LogP contribution is -2.27. The van der Waals surface area contributed by atoms with Crippen molar-refractivity contribution in [2.75, 3.05) is 6.54 Å². The van der Waals surface area contributed by atoms with Gasteiger partial charge in [-0.15, -0.1) is 0 Å². The molecule has 5 nitrogen and oxygen atoms in total. The molecule has 2 N–H and O–H groups in total. The Kier molecular flexibility index (Phi) is 3.50. The van der Waals surface area contributed by atoms with E-state index >= 15 is 0 Å². The Morgan fingerprint density at radius 1 is 1.71 bits per heavy atom. The molecule has 0 bridgehead atoms. The minimum absolute atomic E-state index is 0.0262. The number of nitrogens with one attached hydrogen (secondary N) is 2. The average Bonchev–Trinajstić information content (AvgIpc) is 2.60. The van der Waals surface area contributed by atoms with Crippen molar-refractivity contribution in [2.24, 2.45) is 5.92 Å². The fraction of sp³-hybridized carbons (Fsp3) is 0.556. The van der Waals surface area contributed by atoms with Crippen LogP contribution >= 0.6 is 0 Å². The molecular formula is C9H14N2O3. The zero-order chi connectivity index (χ0) is 10.6. The van der Waals surface area contributed by atoms with E-state index < -0.39 is 5.56 Å². The molecule has 1 amide bonds. The number of hydrogen-bond donors (Lipinski definition) is 2. The summed E-state index contributed by atoms with van der Waals surface area (Å²) in [6.45, 7) is 4.67. The summed E-state index contributed by atoms with van der Waals surface area (Å²) in [5.41, 5.74) is -0.404. The zero-order valence-electron chi connectivity index (χ0n) is 8.29. The number of rotatable bonds is 4. The van der Waals surface area contributed by atoms with E-state index in [9.17, 15) is 9.59 Å². The first kappa shape index (κ1) is 10.6. The highest BCUT2D eigenvalue weighted by atomic mass is 16.5. The van der Waals surface area contributed by atoms with Crippen LogP contribution in [-0.4, -0.2) is 17.6 Å². The van der Waals surface area contributed by atoms with Gasteiger partial charge in [0, 0.05) is 6.54 Å². The highest BCUT2D eigenvalue weighted by Crippen LogP contribution is 1.98. The predicted molar refractivity (Wildman–Crippen MR) is 51.1 cm³/mol. The second-order valence-corrected chi connectivity index (χ2v) is 3.30. The lowest BCUT2D eigenvalue weighted by atomic mass is 10.1. The Morgan fingerprint density at radius 3 is 2.93 bits per heavy atom. The lowest BCUT2D eigenvalue weighted by molar-refractivity contribution is 0.0910. The molecule has 1 aromatic rings. The maximum absolute atomic E-state index is 11.3. The molecule has 0 radical (unpaired) electrons. The summed E-state index contributed by atoms with van der Waals surface area (Å²) >= 11 is 0. The van der Waals surface area contributed by atoms with Gasteiger partial charge in [-0.1, -0.05) is 20.3 Å². The summed E-state index contributed by atoms with van der Waals surface area (Å²) in [5, 5.41) is 4.73. The summed E-state index contributed by atoms with van der Waals surface area (Å²) in [5.74, 6) is 0.0894. The van der Waals surface area contributed by atoms with Gasteiger partial charge in [0.25, 0.3) is 11.5 Å². The van der Waals surface area contributed by atoms with Crippen molar-refractivity contribution in [2.45, 2.75) is 20.3 Å². The second kappa shape index (κ2) is 4.64. The quantitative estimate of drug-likeness (QED) is 0.749. The SMILES string of the molecule is CCC(C)CNC(=O)c1cc(=O)[nH]o1. The monoisotopic (exact) mass is 198 g/mol. The molecule has 0 saturated carbocycles. The molecule has 78 valence electrons. The van der Waals surface area contributed by atoms with Crippen molar-refractivity contribution in [3.8, 4) is 0 Å². The Bertz CT molecular complexity index is 353. The van der Waals surface area contributed by atoms with Gasteiger partial charge >= 0.3 is 0 Å². The first-order valence-corrected chi connectivity index (χ1v) is 4.60. The molecular weight excluding hydrogens is 184 g/mol. The fourth-order valence-electron chi connectivity index (χ4n) is 0.894. The fourth-order valence-corrected chi connectivity index (χ4v) is 0.894. The summed E-state index contributed by atoms with van der Waals surface area (Å²) in [4.78, 5) is 22.0. The van der Waals surface area contributed by atoms with Crippen LogP contribution in [-0.2, 0) is 0 Å². The molecule has 0 aliphatic carbocycles. The van der Waals surface area contributed by atoms with Gasteiger partial charge in [-0.25, -0.2) is 0 Å². The van der Waals surface area contributed by atoms with Crippen LogP contribution in [0.2, 0.25) is 0 Å². The normalized spacial score (nSPS) is 12.4. The van der Waals surface area contributed by atoms with E-state index in [-0.39, 0.29) is 11.7 Å². The minimum atomic E-state index is -0.404. The van der Waals surface area contributed by atoms with E-state index in [4.69, 9.17) is 0 Å².